The lowest BCUT2D eigenvalue weighted by atomic mass is 10.2. The molecule has 6 heteroatoms. The first-order chi connectivity index (χ1) is 9.15. The molecule has 0 saturated heterocycles. The number of aromatic nitrogens is 4. The van der Waals surface area contributed by atoms with Gasteiger partial charge < -0.3 is 9.09 Å². The van der Waals surface area contributed by atoms with E-state index in [1.165, 1.54) is 12.8 Å². The average molecular weight is 278 g/mol. The van der Waals surface area contributed by atoms with Crippen LogP contribution in [0, 0.1) is 0 Å². The minimum Gasteiger partial charge on any atom is -0.338 e. The Labute approximate surface area is 116 Å². The number of nitrogens with zero attached hydrogens (tertiary/aromatic N) is 4. The van der Waals surface area contributed by atoms with Crippen LogP contribution in [0.1, 0.15) is 62.5 Å². The van der Waals surface area contributed by atoms with Gasteiger partial charge in [-0.15, -0.1) is 0 Å². The van der Waals surface area contributed by atoms with Crippen LogP contribution in [0.2, 0.25) is 0 Å². The fourth-order valence-corrected chi connectivity index (χ4v) is 2.84. The lowest BCUT2D eigenvalue weighted by molar-refractivity contribution is 0.373. The van der Waals surface area contributed by atoms with Crippen LogP contribution >= 0.6 is 11.8 Å². The molecule has 2 heterocycles. The lowest BCUT2D eigenvalue weighted by Crippen LogP contribution is -1.98. The van der Waals surface area contributed by atoms with Crippen molar-refractivity contribution < 1.29 is 4.52 Å². The van der Waals surface area contributed by atoms with Crippen molar-refractivity contribution in [2.75, 3.05) is 0 Å². The first-order valence-corrected chi connectivity index (χ1v) is 7.56. The zero-order chi connectivity index (χ0) is 13.4. The Morgan fingerprint density at radius 1 is 1.37 bits per heavy atom. The molecule has 1 saturated carbocycles. The molecule has 0 spiro atoms. The van der Waals surface area contributed by atoms with Crippen molar-refractivity contribution in [3.8, 4) is 0 Å². The Morgan fingerprint density at radius 2 is 2.16 bits per heavy atom. The van der Waals surface area contributed by atoms with Crippen LogP contribution in [0.4, 0.5) is 0 Å². The van der Waals surface area contributed by atoms with Crippen molar-refractivity contribution in [1.82, 2.24) is 19.7 Å². The van der Waals surface area contributed by atoms with E-state index in [0.29, 0.717) is 17.9 Å². The third kappa shape index (κ3) is 2.68. The number of imidazole rings is 1. The lowest BCUT2D eigenvalue weighted by Gasteiger charge is -2.08. The van der Waals surface area contributed by atoms with E-state index in [0.717, 1.165) is 11.0 Å². The van der Waals surface area contributed by atoms with Crippen molar-refractivity contribution >= 4 is 11.8 Å². The number of hydrogen-bond acceptors (Lipinski definition) is 5. The first-order valence-electron chi connectivity index (χ1n) is 6.68. The van der Waals surface area contributed by atoms with Crippen LogP contribution in [0.15, 0.2) is 22.1 Å². The second-order valence-electron chi connectivity index (χ2n) is 5.25. The normalized spacial score (nSPS) is 17.1. The molecule has 3 rings (SSSR count). The van der Waals surface area contributed by atoms with Crippen LogP contribution < -0.4 is 0 Å². The molecule has 1 atom stereocenters. The van der Waals surface area contributed by atoms with E-state index in [2.05, 4.69) is 46.7 Å². The second-order valence-corrected chi connectivity index (χ2v) is 6.56. The van der Waals surface area contributed by atoms with E-state index in [1.807, 2.05) is 6.20 Å². The highest BCUT2D eigenvalue weighted by atomic mass is 32.2. The first kappa shape index (κ1) is 12.7. The van der Waals surface area contributed by atoms with E-state index in [-0.39, 0.29) is 5.25 Å². The fraction of sp³-hybridized carbons (Fsp3) is 0.615. The smallest absolute Gasteiger partial charge is 0.239 e. The van der Waals surface area contributed by atoms with Gasteiger partial charge in [0.15, 0.2) is 11.0 Å². The molecule has 2 aromatic heterocycles. The van der Waals surface area contributed by atoms with Crippen LogP contribution in [0.3, 0.4) is 0 Å². The summed E-state index contributed by atoms with van der Waals surface area (Å²) >= 11 is 1.68. The molecule has 102 valence electrons. The molecule has 5 nitrogen and oxygen atoms in total. The number of hydrogen-bond donors (Lipinski definition) is 0. The Kier molecular flexibility index (Phi) is 3.35. The van der Waals surface area contributed by atoms with Gasteiger partial charge in [0.05, 0.1) is 5.25 Å². The van der Waals surface area contributed by atoms with Gasteiger partial charge >= 0.3 is 0 Å². The SMILES string of the molecule is CC(C)c1noc([C@H](C)Sc2nccn2C2CC2)n1. The highest BCUT2D eigenvalue weighted by Crippen LogP contribution is 2.40. The largest absolute Gasteiger partial charge is 0.338 e. The van der Waals surface area contributed by atoms with Crippen LogP contribution in [-0.2, 0) is 0 Å². The van der Waals surface area contributed by atoms with Crippen LogP contribution in [-0.4, -0.2) is 19.7 Å². The maximum absolute atomic E-state index is 5.33. The number of thioether (sulfide) groups is 1. The Morgan fingerprint density at radius 3 is 2.79 bits per heavy atom. The Hall–Kier alpha value is -1.30. The topological polar surface area (TPSA) is 56.7 Å². The van der Waals surface area contributed by atoms with Crippen molar-refractivity contribution in [3.63, 3.8) is 0 Å². The summed E-state index contributed by atoms with van der Waals surface area (Å²) < 4.78 is 7.58. The van der Waals surface area contributed by atoms with Gasteiger partial charge in [-0.1, -0.05) is 30.8 Å². The average Bonchev–Trinajstić information content (AvgIpc) is 2.93. The zero-order valence-electron chi connectivity index (χ0n) is 11.4. The predicted octanol–water partition coefficient (Wildman–Crippen LogP) is 3.58. The Balaban J connectivity index is 1.72. The van der Waals surface area contributed by atoms with Crippen molar-refractivity contribution in [2.24, 2.45) is 0 Å². The molecule has 0 bridgehead atoms. The summed E-state index contributed by atoms with van der Waals surface area (Å²) in [6.45, 7) is 6.20. The van der Waals surface area contributed by atoms with Gasteiger partial charge in [-0.2, -0.15) is 4.98 Å². The molecule has 0 aliphatic heterocycles. The molecular formula is C13H18N4OS. The van der Waals surface area contributed by atoms with Crippen LogP contribution in [0.5, 0.6) is 0 Å². The fourth-order valence-electron chi connectivity index (χ4n) is 1.88. The van der Waals surface area contributed by atoms with Gasteiger partial charge in [0.2, 0.25) is 5.89 Å². The monoisotopic (exact) mass is 278 g/mol. The minimum atomic E-state index is 0.125. The summed E-state index contributed by atoms with van der Waals surface area (Å²) in [5.74, 6) is 1.75. The van der Waals surface area contributed by atoms with Gasteiger partial charge in [0, 0.05) is 24.4 Å². The van der Waals surface area contributed by atoms with Gasteiger partial charge in [-0.25, -0.2) is 4.98 Å². The molecule has 0 aromatic carbocycles. The van der Waals surface area contributed by atoms with E-state index in [9.17, 15) is 0 Å². The molecule has 19 heavy (non-hydrogen) atoms. The standard InChI is InChI=1S/C13H18N4OS/c1-8(2)11-15-12(18-16-11)9(3)19-13-14-6-7-17(13)10-4-5-10/h6-10H,4-5H2,1-3H3/t9-/m0/s1. The molecule has 2 aromatic rings. The molecule has 1 aliphatic rings. The third-order valence-electron chi connectivity index (χ3n) is 3.18. The summed E-state index contributed by atoms with van der Waals surface area (Å²) in [6, 6.07) is 0.645. The summed E-state index contributed by atoms with van der Waals surface area (Å²) in [4.78, 5) is 8.87. The van der Waals surface area contributed by atoms with Crippen molar-refractivity contribution in [1.29, 1.82) is 0 Å². The zero-order valence-corrected chi connectivity index (χ0v) is 12.2. The summed E-state index contributed by atoms with van der Waals surface area (Å²) in [5, 5.41) is 5.18. The van der Waals surface area contributed by atoms with Gasteiger partial charge in [0.25, 0.3) is 0 Å². The molecule has 0 amide bonds. The van der Waals surface area contributed by atoms with E-state index in [1.54, 1.807) is 11.8 Å². The highest BCUT2D eigenvalue weighted by Gasteiger charge is 2.27. The molecule has 0 radical (unpaired) electrons. The summed E-state index contributed by atoms with van der Waals surface area (Å²) in [5.41, 5.74) is 0. The Bertz CT molecular complexity index is 558. The quantitative estimate of drug-likeness (QED) is 0.782. The second kappa shape index (κ2) is 5.00. The van der Waals surface area contributed by atoms with Crippen molar-refractivity contribution in [3.05, 3.63) is 24.1 Å². The molecule has 1 aliphatic carbocycles. The highest BCUT2D eigenvalue weighted by molar-refractivity contribution is 7.99. The third-order valence-corrected chi connectivity index (χ3v) is 4.26. The number of rotatable bonds is 5. The molecule has 1 fully saturated rings. The van der Waals surface area contributed by atoms with E-state index < -0.39 is 0 Å². The maximum atomic E-state index is 5.33. The van der Waals surface area contributed by atoms with Gasteiger partial charge in [-0.3, -0.25) is 0 Å². The molecular weight excluding hydrogens is 260 g/mol. The summed E-state index contributed by atoms with van der Waals surface area (Å²) in [6.07, 6.45) is 6.44. The summed E-state index contributed by atoms with van der Waals surface area (Å²) in [7, 11) is 0. The van der Waals surface area contributed by atoms with Crippen LogP contribution in [0.25, 0.3) is 0 Å². The predicted molar refractivity (Wildman–Crippen MR) is 73.2 cm³/mol. The van der Waals surface area contributed by atoms with E-state index >= 15 is 0 Å². The molecule has 0 N–H and O–H groups in total. The molecule has 0 unspecified atom stereocenters. The van der Waals surface area contributed by atoms with Gasteiger partial charge in [-0.05, 0) is 19.8 Å². The maximum Gasteiger partial charge on any atom is 0.239 e. The van der Waals surface area contributed by atoms with E-state index in [4.69, 9.17) is 4.52 Å². The van der Waals surface area contributed by atoms with Gasteiger partial charge in [0.1, 0.15) is 0 Å². The van der Waals surface area contributed by atoms with Crippen molar-refractivity contribution in [2.45, 2.75) is 56.0 Å². The minimum absolute atomic E-state index is 0.125.